The summed E-state index contributed by atoms with van der Waals surface area (Å²) in [5.41, 5.74) is 6.18. The Kier molecular flexibility index (Phi) is 3.21. The number of aryl methyl sites for hydroxylation is 1. The van der Waals surface area contributed by atoms with E-state index >= 15 is 0 Å². The Morgan fingerprint density at radius 2 is 2.44 bits per heavy atom. The summed E-state index contributed by atoms with van der Waals surface area (Å²) in [5.74, 6) is -0.126. The van der Waals surface area contributed by atoms with Crippen LogP contribution in [0.15, 0.2) is 17.6 Å². The van der Waals surface area contributed by atoms with Gasteiger partial charge >= 0.3 is 0 Å². The van der Waals surface area contributed by atoms with Crippen molar-refractivity contribution in [2.24, 2.45) is 0 Å². The van der Waals surface area contributed by atoms with Crippen molar-refractivity contribution in [2.45, 2.75) is 13.5 Å². The van der Waals surface area contributed by atoms with Gasteiger partial charge in [0, 0.05) is 11.1 Å². The summed E-state index contributed by atoms with van der Waals surface area (Å²) in [7, 11) is 0. The molecule has 3 N–H and O–H groups in total. The van der Waals surface area contributed by atoms with Crippen molar-refractivity contribution < 1.29 is 4.79 Å². The van der Waals surface area contributed by atoms with Gasteiger partial charge in [0.2, 0.25) is 0 Å². The normalized spacial score (nSPS) is 10.3. The topological polar surface area (TPSA) is 68.0 Å². The number of carbonyl (C=O) groups is 1. The molecule has 1 amide bonds. The van der Waals surface area contributed by atoms with Gasteiger partial charge in [-0.15, -0.1) is 22.7 Å². The molecular formula is C10H11N3OS2. The van der Waals surface area contributed by atoms with Crippen molar-refractivity contribution in [3.63, 3.8) is 0 Å². The van der Waals surface area contributed by atoms with Gasteiger partial charge in [0.05, 0.1) is 17.2 Å². The van der Waals surface area contributed by atoms with Crippen molar-refractivity contribution in [1.82, 2.24) is 10.3 Å². The Labute approximate surface area is 101 Å². The van der Waals surface area contributed by atoms with Gasteiger partial charge in [0.1, 0.15) is 4.88 Å². The van der Waals surface area contributed by atoms with Crippen LogP contribution in [0.3, 0.4) is 0 Å². The molecule has 2 aromatic rings. The largest absolute Gasteiger partial charge is 0.397 e. The third-order valence-electron chi connectivity index (χ3n) is 1.99. The smallest absolute Gasteiger partial charge is 0.263 e. The number of nitrogens with two attached hydrogens (primary N) is 1. The molecule has 0 atom stereocenters. The average Bonchev–Trinajstić information content (AvgIpc) is 2.84. The molecule has 6 heteroatoms. The van der Waals surface area contributed by atoms with Gasteiger partial charge in [-0.1, -0.05) is 0 Å². The fourth-order valence-corrected chi connectivity index (χ4v) is 2.71. The van der Waals surface area contributed by atoms with Gasteiger partial charge in [-0.3, -0.25) is 4.79 Å². The molecule has 0 saturated heterocycles. The predicted molar refractivity (Wildman–Crippen MR) is 66.8 cm³/mol. The number of thiazole rings is 1. The SMILES string of the molecule is Cc1ncc(CNC(=O)c2sccc2N)s1. The molecule has 84 valence electrons. The van der Waals surface area contributed by atoms with Gasteiger partial charge in [-0.25, -0.2) is 4.98 Å². The van der Waals surface area contributed by atoms with Crippen LogP contribution in [-0.2, 0) is 6.54 Å². The molecule has 0 fully saturated rings. The van der Waals surface area contributed by atoms with Crippen LogP contribution in [0.1, 0.15) is 19.6 Å². The Morgan fingerprint density at radius 3 is 3.00 bits per heavy atom. The second kappa shape index (κ2) is 4.63. The number of anilines is 1. The van der Waals surface area contributed by atoms with E-state index in [0.717, 1.165) is 9.88 Å². The number of hydrogen-bond donors (Lipinski definition) is 2. The number of aromatic nitrogens is 1. The third kappa shape index (κ3) is 2.40. The highest BCUT2D eigenvalue weighted by Crippen LogP contribution is 2.18. The van der Waals surface area contributed by atoms with Crippen LogP contribution in [0.4, 0.5) is 5.69 Å². The molecule has 4 nitrogen and oxygen atoms in total. The van der Waals surface area contributed by atoms with E-state index in [2.05, 4.69) is 10.3 Å². The zero-order chi connectivity index (χ0) is 11.5. The molecular weight excluding hydrogens is 242 g/mol. The Morgan fingerprint density at radius 1 is 1.62 bits per heavy atom. The lowest BCUT2D eigenvalue weighted by molar-refractivity contribution is 0.0956. The standard InChI is InChI=1S/C10H11N3OS2/c1-6-12-4-7(16-6)5-13-10(14)9-8(11)2-3-15-9/h2-4H,5,11H2,1H3,(H,13,14). The maximum Gasteiger partial charge on any atom is 0.263 e. The summed E-state index contributed by atoms with van der Waals surface area (Å²) in [6, 6.07) is 1.73. The molecule has 2 heterocycles. The van der Waals surface area contributed by atoms with E-state index in [0.29, 0.717) is 17.1 Å². The quantitative estimate of drug-likeness (QED) is 0.879. The number of nitrogen functional groups attached to an aromatic ring is 1. The van der Waals surface area contributed by atoms with Crippen LogP contribution in [0.2, 0.25) is 0 Å². The lowest BCUT2D eigenvalue weighted by Gasteiger charge is -2.01. The van der Waals surface area contributed by atoms with E-state index in [-0.39, 0.29) is 5.91 Å². The van der Waals surface area contributed by atoms with Gasteiger partial charge < -0.3 is 11.1 Å². The van der Waals surface area contributed by atoms with E-state index in [1.165, 1.54) is 11.3 Å². The first-order chi connectivity index (χ1) is 7.66. The summed E-state index contributed by atoms with van der Waals surface area (Å²) in [6.07, 6.45) is 1.78. The van der Waals surface area contributed by atoms with Crippen LogP contribution in [0, 0.1) is 6.92 Å². The summed E-state index contributed by atoms with van der Waals surface area (Å²) in [6.45, 7) is 2.44. The van der Waals surface area contributed by atoms with Crippen molar-refractivity contribution in [3.8, 4) is 0 Å². The zero-order valence-corrected chi connectivity index (χ0v) is 10.3. The minimum atomic E-state index is -0.126. The van der Waals surface area contributed by atoms with Crippen molar-refractivity contribution >= 4 is 34.3 Å². The van der Waals surface area contributed by atoms with Gasteiger partial charge in [0.15, 0.2) is 0 Å². The highest BCUT2D eigenvalue weighted by molar-refractivity contribution is 7.12. The van der Waals surface area contributed by atoms with E-state index in [4.69, 9.17) is 5.73 Å². The molecule has 16 heavy (non-hydrogen) atoms. The number of nitrogens with zero attached hydrogens (tertiary/aromatic N) is 1. The minimum Gasteiger partial charge on any atom is -0.397 e. The van der Waals surface area contributed by atoms with Crippen molar-refractivity contribution in [2.75, 3.05) is 5.73 Å². The monoisotopic (exact) mass is 253 g/mol. The molecule has 0 saturated carbocycles. The van der Waals surface area contributed by atoms with Gasteiger partial charge in [-0.05, 0) is 18.4 Å². The molecule has 0 aliphatic carbocycles. The molecule has 0 spiro atoms. The number of carbonyl (C=O) groups excluding carboxylic acids is 1. The fraction of sp³-hybridized carbons (Fsp3) is 0.200. The van der Waals surface area contributed by atoms with Crippen LogP contribution in [-0.4, -0.2) is 10.9 Å². The number of rotatable bonds is 3. The molecule has 0 unspecified atom stereocenters. The summed E-state index contributed by atoms with van der Waals surface area (Å²) in [5, 5.41) is 5.62. The average molecular weight is 253 g/mol. The Bertz CT molecular complexity index is 504. The zero-order valence-electron chi connectivity index (χ0n) is 8.69. The number of amides is 1. The summed E-state index contributed by atoms with van der Waals surface area (Å²) < 4.78 is 0. The molecule has 2 aromatic heterocycles. The van der Waals surface area contributed by atoms with Crippen molar-refractivity contribution in [3.05, 3.63) is 32.4 Å². The first-order valence-corrected chi connectivity index (χ1v) is 6.39. The van der Waals surface area contributed by atoms with E-state index < -0.39 is 0 Å². The van der Waals surface area contributed by atoms with E-state index in [1.54, 1.807) is 29.0 Å². The van der Waals surface area contributed by atoms with Gasteiger partial charge in [-0.2, -0.15) is 0 Å². The van der Waals surface area contributed by atoms with Crippen LogP contribution in [0.25, 0.3) is 0 Å². The third-order valence-corrected chi connectivity index (χ3v) is 3.84. The number of hydrogen-bond acceptors (Lipinski definition) is 5. The van der Waals surface area contributed by atoms with Gasteiger partial charge in [0.25, 0.3) is 5.91 Å². The van der Waals surface area contributed by atoms with Crippen LogP contribution >= 0.6 is 22.7 Å². The molecule has 0 radical (unpaired) electrons. The second-order valence-electron chi connectivity index (χ2n) is 3.23. The number of thiophene rings is 1. The Balaban J connectivity index is 1.96. The lowest BCUT2D eigenvalue weighted by Crippen LogP contribution is -2.22. The molecule has 0 aliphatic heterocycles. The maximum absolute atomic E-state index is 11.7. The predicted octanol–water partition coefficient (Wildman–Crippen LogP) is 2.03. The Hall–Kier alpha value is -1.40. The maximum atomic E-state index is 11.7. The first kappa shape index (κ1) is 11.1. The highest BCUT2D eigenvalue weighted by atomic mass is 32.1. The second-order valence-corrected chi connectivity index (χ2v) is 5.47. The highest BCUT2D eigenvalue weighted by Gasteiger charge is 2.10. The first-order valence-electron chi connectivity index (χ1n) is 4.69. The fourth-order valence-electron chi connectivity index (χ4n) is 1.24. The number of nitrogens with one attached hydrogen (secondary N) is 1. The van der Waals surface area contributed by atoms with Crippen molar-refractivity contribution in [1.29, 1.82) is 0 Å². The molecule has 0 bridgehead atoms. The van der Waals surface area contributed by atoms with E-state index in [1.807, 2.05) is 6.92 Å². The lowest BCUT2D eigenvalue weighted by atomic mass is 10.4. The van der Waals surface area contributed by atoms with E-state index in [9.17, 15) is 4.79 Å². The summed E-state index contributed by atoms with van der Waals surface area (Å²) >= 11 is 2.93. The van der Waals surface area contributed by atoms with Crippen LogP contribution in [0.5, 0.6) is 0 Å². The molecule has 0 aliphatic rings. The minimum absolute atomic E-state index is 0.126. The van der Waals surface area contributed by atoms with Crippen LogP contribution < -0.4 is 11.1 Å². The molecule has 0 aromatic carbocycles. The molecule has 2 rings (SSSR count). The summed E-state index contributed by atoms with van der Waals surface area (Å²) in [4.78, 5) is 17.4.